The summed E-state index contributed by atoms with van der Waals surface area (Å²) < 4.78 is 8.28. The lowest BCUT2D eigenvalue weighted by Crippen LogP contribution is -2.22. The molecule has 2 aliphatic heterocycles. The fraction of sp³-hybridized carbons (Fsp3) is 0.500. The summed E-state index contributed by atoms with van der Waals surface area (Å²) in [4.78, 5) is 4.72. The standard InChI is InChI=1S/C16H16ClN3O/c17-6-5-16-19-12-3-1-10(9-18)7-13(12)20(16)14-8-11-2-4-15(14)21-11/h1,3,7,11,14-15H,2,4-6,8H2. The van der Waals surface area contributed by atoms with E-state index in [9.17, 15) is 0 Å². The molecule has 2 bridgehead atoms. The van der Waals surface area contributed by atoms with E-state index >= 15 is 0 Å². The molecule has 1 aromatic carbocycles. The smallest absolute Gasteiger partial charge is 0.111 e. The van der Waals surface area contributed by atoms with E-state index in [2.05, 4.69) is 10.6 Å². The number of fused-ring (bicyclic) bond motifs is 3. The van der Waals surface area contributed by atoms with Crippen molar-refractivity contribution < 1.29 is 4.74 Å². The molecule has 2 aromatic rings. The maximum absolute atomic E-state index is 9.14. The topological polar surface area (TPSA) is 50.8 Å². The van der Waals surface area contributed by atoms with Gasteiger partial charge in [0.2, 0.25) is 0 Å². The molecule has 4 nitrogen and oxygen atoms in total. The summed E-state index contributed by atoms with van der Waals surface area (Å²) in [5, 5.41) is 9.14. The lowest BCUT2D eigenvalue weighted by molar-refractivity contribution is 0.0940. The number of hydrogen-bond donors (Lipinski definition) is 0. The Morgan fingerprint density at radius 2 is 2.33 bits per heavy atom. The van der Waals surface area contributed by atoms with Crippen molar-refractivity contribution in [3.8, 4) is 6.07 Å². The molecular weight excluding hydrogens is 286 g/mol. The number of alkyl halides is 1. The van der Waals surface area contributed by atoms with Gasteiger partial charge in [0.15, 0.2) is 0 Å². The first-order chi connectivity index (χ1) is 10.3. The molecule has 108 valence electrons. The van der Waals surface area contributed by atoms with E-state index in [0.717, 1.165) is 36.1 Å². The summed E-state index contributed by atoms with van der Waals surface area (Å²) in [6, 6.07) is 8.23. The second-order valence-electron chi connectivity index (χ2n) is 5.83. The molecule has 21 heavy (non-hydrogen) atoms. The van der Waals surface area contributed by atoms with Gasteiger partial charge in [0.25, 0.3) is 0 Å². The van der Waals surface area contributed by atoms with Crippen molar-refractivity contribution in [2.75, 3.05) is 5.88 Å². The van der Waals surface area contributed by atoms with Crippen LogP contribution < -0.4 is 0 Å². The number of ether oxygens (including phenoxy) is 1. The number of rotatable bonds is 3. The average Bonchev–Trinajstić information content (AvgIpc) is 3.19. The van der Waals surface area contributed by atoms with Crippen molar-refractivity contribution in [3.05, 3.63) is 29.6 Å². The number of nitriles is 1. The summed E-state index contributed by atoms with van der Waals surface area (Å²) in [6.45, 7) is 0. The first-order valence-electron chi connectivity index (χ1n) is 7.42. The third-order valence-electron chi connectivity index (χ3n) is 4.62. The average molecular weight is 302 g/mol. The molecule has 0 saturated carbocycles. The number of nitrogens with zero attached hydrogens (tertiary/aromatic N) is 3. The molecule has 0 spiro atoms. The van der Waals surface area contributed by atoms with E-state index in [1.54, 1.807) is 0 Å². The maximum atomic E-state index is 9.14. The van der Waals surface area contributed by atoms with Crippen molar-refractivity contribution in [2.24, 2.45) is 0 Å². The lowest BCUT2D eigenvalue weighted by atomic mass is 9.95. The summed E-state index contributed by atoms with van der Waals surface area (Å²) in [5.41, 5.74) is 2.65. The van der Waals surface area contributed by atoms with Crippen LogP contribution in [0.2, 0.25) is 0 Å². The lowest BCUT2D eigenvalue weighted by Gasteiger charge is -2.23. The molecule has 5 heteroatoms. The molecule has 0 N–H and O–H groups in total. The molecule has 0 radical (unpaired) electrons. The Hall–Kier alpha value is -1.57. The number of hydrogen-bond acceptors (Lipinski definition) is 3. The molecule has 0 amide bonds. The Balaban J connectivity index is 1.87. The first kappa shape index (κ1) is 13.1. The van der Waals surface area contributed by atoms with Gasteiger partial charge in [0, 0.05) is 12.3 Å². The Morgan fingerprint density at radius 3 is 3.00 bits per heavy atom. The number of halogens is 1. The van der Waals surface area contributed by atoms with Gasteiger partial charge in [-0.25, -0.2) is 4.98 Å². The van der Waals surface area contributed by atoms with Crippen LogP contribution in [0.25, 0.3) is 11.0 Å². The molecule has 3 atom stereocenters. The second kappa shape index (κ2) is 5.01. The van der Waals surface area contributed by atoms with E-state index in [4.69, 9.17) is 26.6 Å². The van der Waals surface area contributed by atoms with Crippen molar-refractivity contribution in [1.82, 2.24) is 9.55 Å². The first-order valence-corrected chi connectivity index (χ1v) is 7.96. The van der Waals surface area contributed by atoms with Crippen LogP contribution in [-0.4, -0.2) is 27.6 Å². The SMILES string of the molecule is N#Cc1ccc2nc(CCCl)n(C3CC4CCC3O4)c2c1. The summed E-state index contributed by atoms with van der Waals surface area (Å²) in [7, 11) is 0. The van der Waals surface area contributed by atoms with E-state index in [-0.39, 0.29) is 6.10 Å². The van der Waals surface area contributed by atoms with E-state index in [1.807, 2.05) is 18.2 Å². The molecule has 2 fully saturated rings. The van der Waals surface area contributed by atoms with Crippen molar-refractivity contribution in [1.29, 1.82) is 5.26 Å². The second-order valence-corrected chi connectivity index (χ2v) is 6.21. The number of imidazole rings is 1. The highest BCUT2D eigenvalue weighted by molar-refractivity contribution is 6.17. The van der Waals surface area contributed by atoms with Crippen molar-refractivity contribution in [2.45, 2.75) is 43.9 Å². The minimum absolute atomic E-state index is 0.284. The number of aromatic nitrogens is 2. The highest BCUT2D eigenvalue weighted by atomic mass is 35.5. The molecule has 4 rings (SSSR count). The largest absolute Gasteiger partial charge is 0.373 e. The van der Waals surface area contributed by atoms with Gasteiger partial charge in [0.1, 0.15) is 5.82 Å². The Kier molecular flexibility index (Phi) is 3.13. The molecular formula is C16H16ClN3O. The molecule has 3 unspecified atom stereocenters. The number of benzene rings is 1. The maximum Gasteiger partial charge on any atom is 0.111 e. The highest BCUT2D eigenvalue weighted by Gasteiger charge is 2.42. The third kappa shape index (κ3) is 2.04. The van der Waals surface area contributed by atoms with Gasteiger partial charge >= 0.3 is 0 Å². The summed E-state index contributed by atoms with van der Waals surface area (Å²) >= 11 is 5.94. The van der Waals surface area contributed by atoms with Gasteiger partial charge in [-0.2, -0.15) is 5.26 Å². The minimum atomic E-state index is 0.284. The van der Waals surface area contributed by atoms with Gasteiger partial charge in [-0.15, -0.1) is 11.6 Å². The van der Waals surface area contributed by atoms with Gasteiger partial charge < -0.3 is 9.30 Å². The molecule has 2 aliphatic rings. The van der Waals surface area contributed by atoms with Crippen molar-refractivity contribution >= 4 is 22.6 Å². The fourth-order valence-corrected chi connectivity index (χ4v) is 3.90. The van der Waals surface area contributed by atoms with Crippen LogP contribution in [0.3, 0.4) is 0 Å². The Bertz CT molecular complexity index is 733. The van der Waals surface area contributed by atoms with Gasteiger partial charge in [-0.3, -0.25) is 0 Å². The van der Waals surface area contributed by atoms with E-state index in [0.29, 0.717) is 23.6 Å². The predicted molar refractivity (Wildman–Crippen MR) is 80.4 cm³/mol. The van der Waals surface area contributed by atoms with Gasteiger partial charge in [0.05, 0.1) is 40.9 Å². The van der Waals surface area contributed by atoms with Crippen LogP contribution in [0.1, 0.15) is 36.7 Å². The number of aryl methyl sites for hydroxylation is 1. The van der Waals surface area contributed by atoms with Crippen LogP contribution in [0.15, 0.2) is 18.2 Å². The summed E-state index contributed by atoms with van der Waals surface area (Å²) in [6.07, 6.45) is 4.75. The Morgan fingerprint density at radius 1 is 1.43 bits per heavy atom. The van der Waals surface area contributed by atoms with E-state index in [1.165, 1.54) is 6.42 Å². The van der Waals surface area contributed by atoms with E-state index < -0.39 is 0 Å². The quantitative estimate of drug-likeness (QED) is 0.818. The molecule has 2 saturated heterocycles. The predicted octanol–water partition coefficient (Wildman–Crippen LogP) is 3.18. The highest BCUT2D eigenvalue weighted by Crippen LogP contribution is 2.43. The third-order valence-corrected chi connectivity index (χ3v) is 4.80. The molecule has 3 heterocycles. The van der Waals surface area contributed by atoms with Gasteiger partial charge in [-0.05, 0) is 37.5 Å². The Labute approximate surface area is 128 Å². The zero-order chi connectivity index (χ0) is 14.4. The van der Waals surface area contributed by atoms with Crippen molar-refractivity contribution in [3.63, 3.8) is 0 Å². The zero-order valence-corrected chi connectivity index (χ0v) is 12.4. The minimum Gasteiger partial charge on any atom is -0.373 e. The fourth-order valence-electron chi connectivity index (χ4n) is 3.73. The molecule has 0 aliphatic carbocycles. The van der Waals surface area contributed by atoms with Gasteiger partial charge in [-0.1, -0.05) is 0 Å². The monoisotopic (exact) mass is 301 g/mol. The summed E-state index contributed by atoms with van der Waals surface area (Å²) in [5.74, 6) is 1.56. The van der Waals surface area contributed by atoms with Crippen LogP contribution in [-0.2, 0) is 11.2 Å². The zero-order valence-electron chi connectivity index (χ0n) is 11.6. The van der Waals surface area contributed by atoms with Crippen LogP contribution >= 0.6 is 11.6 Å². The van der Waals surface area contributed by atoms with Crippen LogP contribution in [0, 0.1) is 11.3 Å². The normalized spacial score (nSPS) is 27.3. The molecule has 1 aromatic heterocycles. The van der Waals surface area contributed by atoms with Crippen LogP contribution in [0.4, 0.5) is 0 Å². The van der Waals surface area contributed by atoms with Crippen LogP contribution in [0.5, 0.6) is 0 Å².